The normalized spacial score (nSPS) is 21.2. The van der Waals surface area contributed by atoms with Gasteiger partial charge in [0.05, 0.1) is 6.61 Å². The van der Waals surface area contributed by atoms with Crippen LogP contribution in [0.4, 0.5) is 0 Å². The third-order valence-corrected chi connectivity index (χ3v) is 4.40. The van der Waals surface area contributed by atoms with Crippen LogP contribution in [0.15, 0.2) is 24.3 Å². The van der Waals surface area contributed by atoms with E-state index in [1.807, 2.05) is 24.3 Å². The van der Waals surface area contributed by atoms with Crippen molar-refractivity contribution in [1.82, 2.24) is 5.06 Å². The van der Waals surface area contributed by atoms with Gasteiger partial charge in [0.2, 0.25) is 0 Å². The van der Waals surface area contributed by atoms with Crippen molar-refractivity contribution in [3.8, 4) is 0 Å². The van der Waals surface area contributed by atoms with E-state index in [0.717, 1.165) is 24.0 Å². The van der Waals surface area contributed by atoms with Crippen LogP contribution < -0.4 is 0 Å². The molecule has 0 atom stereocenters. The van der Waals surface area contributed by atoms with E-state index in [4.69, 9.17) is 4.84 Å². The number of nitrogens with zero attached hydrogens (tertiary/aromatic N) is 1. The van der Waals surface area contributed by atoms with E-state index in [9.17, 15) is 4.79 Å². The first-order valence-electron chi connectivity index (χ1n) is 7.75. The van der Waals surface area contributed by atoms with E-state index in [1.54, 1.807) is 6.92 Å². The van der Waals surface area contributed by atoms with Crippen LogP contribution in [0.2, 0.25) is 0 Å². The Labute approximate surface area is 128 Å². The lowest BCUT2D eigenvalue weighted by Crippen LogP contribution is -2.58. The Morgan fingerprint density at radius 1 is 1.10 bits per heavy atom. The molecule has 0 aliphatic carbocycles. The largest absolute Gasteiger partial charge is 0.295 e. The number of Topliss-reactive ketones (excluding diaryl/α,β-unsaturated/α-hetero) is 1. The average Bonchev–Trinajstić information content (AvgIpc) is 2.37. The lowest BCUT2D eigenvalue weighted by atomic mass is 9.82. The Hall–Kier alpha value is -1.19. The van der Waals surface area contributed by atoms with Gasteiger partial charge in [-0.25, -0.2) is 0 Å². The van der Waals surface area contributed by atoms with E-state index in [0.29, 0.717) is 6.61 Å². The van der Waals surface area contributed by atoms with E-state index < -0.39 is 0 Å². The number of hydrogen-bond donors (Lipinski definition) is 0. The highest BCUT2D eigenvalue weighted by Gasteiger charge is 2.42. The van der Waals surface area contributed by atoms with Crippen molar-refractivity contribution in [2.24, 2.45) is 0 Å². The Kier molecular flexibility index (Phi) is 4.54. The molecule has 3 nitrogen and oxygen atoms in total. The molecule has 0 bridgehead atoms. The summed E-state index contributed by atoms with van der Waals surface area (Å²) in [5.74, 6) is 0.0979. The highest BCUT2D eigenvalue weighted by Crippen LogP contribution is 2.38. The Bertz CT molecular complexity index is 486. The second-order valence-corrected chi connectivity index (χ2v) is 7.30. The lowest BCUT2D eigenvalue weighted by molar-refractivity contribution is -0.288. The van der Waals surface area contributed by atoms with Crippen molar-refractivity contribution in [3.05, 3.63) is 35.4 Å². The van der Waals surface area contributed by atoms with Crippen molar-refractivity contribution in [2.75, 3.05) is 0 Å². The van der Waals surface area contributed by atoms with Gasteiger partial charge >= 0.3 is 0 Å². The molecule has 3 heteroatoms. The topological polar surface area (TPSA) is 29.5 Å². The molecule has 1 aliphatic heterocycles. The summed E-state index contributed by atoms with van der Waals surface area (Å²) < 4.78 is 0. The first-order valence-corrected chi connectivity index (χ1v) is 7.75. The number of rotatable bonds is 4. The molecule has 0 N–H and O–H groups in total. The molecule has 0 aromatic heterocycles. The molecule has 1 aromatic carbocycles. The van der Waals surface area contributed by atoms with Crippen LogP contribution >= 0.6 is 0 Å². The van der Waals surface area contributed by atoms with Crippen LogP contribution in [0.25, 0.3) is 0 Å². The van der Waals surface area contributed by atoms with Crippen LogP contribution in [-0.4, -0.2) is 21.9 Å². The number of benzene rings is 1. The fourth-order valence-electron chi connectivity index (χ4n) is 3.30. The maximum absolute atomic E-state index is 11.3. The predicted octanol–water partition coefficient (Wildman–Crippen LogP) is 4.36. The Balaban J connectivity index is 2.05. The van der Waals surface area contributed by atoms with Crippen molar-refractivity contribution in [3.63, 3.8) is 0 Å². The molecule has 1 heterocycles. The van der Waals surface area contributed by atoms with Gasteiger partial charge in [0.15, 0.2) is 5.78 Å². The molecule has 1 aromatic rings. The zero-order valence-electron chi connectivity index (χ0n) is 13.9. The molecule has 0 radical (unpaired) electrons. The zero-order valence-corrected chi connectivity index (χ0v) is 13.9. The van der Waals surface area contributed by atoms with Gasteiger partial charge in [-0.15, -0.1) is 0 Å². The minimum absolute atomic E-state index is 0.0566. The summed E-state index contributed by atoms with van der Waals surface area (Å²) in [7, 11) is 0. The molecule has 116 valence electrons. The summed E-state index contributed by atoms with van der Waals surface area (Å²) in [5, 5.41) is 2.17. The summed E-state index contributed by atoms with van der Waals surface area (Å²) in [5.41, 5.74) is 1.96. The van der Waals surface area contributed by atoms with E-state index in [-0.39, 0.29) is 16.9 Å². The SMILES string of the molecule is CC(=O)c1ccc(CON2C(C)(C)CCCC2(C)C)cc1. The van der Waals surface area contributed by atoms with Crippen molar-refractivity contribution < 1.29 is 9.63 Å². The maximum Gasteiger partial charge on any atom is 0.159 e. The Morgan fingerprint density at radius 2 is 1.62 bits per heavy atom. The van der Waals surface area contributed by atoms with E-state index >= 15 is 0 Å². The monoisotopic (exact) mass is 289 g/mol. The summed E-state index contributed by atoms with van der Waals surface area (Å²) in [6, 6.07) is 7.68. The van der Waals surface area contributed by atoms with Crippen LogP contribution in [0.1, 0.15) is 69.8 Å². The molecule has 21 heavy (non-hydrogen) atoms. The first-order chi connectivity index (χ1) is 9.72. The number of hydrogen-bond acceptors (Lipinski definition) is 3. The molecule has 1 fully saturated rings. The molecule has 0 spiro atoms. The van der Waals surface area contributed by atoms with Gasteiger partial charge in [-0.3, -0.25) is 9.63 Å². The molecule has 0 unspecified atom stereocenters. The predicted molar refractivity (Wildman–Crippen MR) is 85.1 cm³/mol. The fraction of sp³-hybridized carbons (Fsp3) is 0.611. The van der Waals surface area contributed by atoms with Crippen molar-refractivity contribution in [2.45, 2.75) is 71.6 Å². The van der Waals surface area contributed by atoms with Crippen LogP contribution in [-0.2, 0) is 11.4 Å². The van der Waals surface area contributed by atoms with Crippen LogP contribution in [0.5, 0.6) is 0 Å². The van der Waals surface area contributed by atoms with Crippen LogP contribution in [0.3, 0.4) is 0 Å². The minimum atomic E-state index is 0.0566. The number of ketones is 1. The third kappa shape index (κ3) is 3.72. The third-order valence-electron chi connectivity index (χ3n) is 4.40. The number of hydroxylamine groups is 2. The summed E-state index contributed by atoms with van der Waals surface area (Å²) >= 11 is 0. The van der Waals surface area contributed by atoms with Gasteiger partial charge < -0.3 is 0 Å². The molecule has 1 saturated heterocycles. The summed E-state index contributed by atoms with van der Waals surface area (Å²) in [6.45, 7) is 11.1. The summed E-state index contributed by atoms with van der Waals surface area (Å²) in [6.07, 6.45) is 3.55. The van der Waals surface area contributed by atoms with Gasteiger partial charge in [0.25, 0.3) is 0 Å². The average molecular weight is 289 g/mol. The van der Waals surface area contributed by atoms with Gasteiger partial charge in [0.1, 0.15) is 0 Å². The van der Waals surface area contributed by atoms with E-state index in [2.05, 4.69) is 32.8 Å². The second-order valence-electron chi connectivity index (χ2n) is 7.30. The summed E-state index contributed by atoms with van der Waals surface area (Å²) in [4.78, 5) is 17.4. The molecule has 0 saturated carbocycles. The Morgan fingerprint density at radius 3 is 2.10 bits per heavy atom. The van der Waals surface area contributed by atoms with Gasteiger partial charge in [0, 0.05) is 16.6 Å². The number of piperidine rings is 1. The van der Waals surface area contributed by atoms with Gasteiger partial charge in [-0.2, -0.15) is 5.06 Å². The number of carbonyl (C=O) groups excluding carboxylic acids is 1. The maximum atomic E-state index is 11.3. The highest BCUT2D eigenvalue weighted by molar-refractivity contribution is 5.93. The molecule has 0 amide bonds. The van der Waals surface area contributed by atoms with Crippen molar-refractivity contribution >= 4 is 5.78 Å². The zero-order chi connectivity index (χ0) is 15.7. The highest BCUT2D eigenvalue weighted by atomic mass is 16.7. The molecular formula is C18H27NO2. The smallest absolute Gasteiger partial charge is 0.159 e. The van der Waals surface area contributed by atoms with Crippen LogP contribution in [0, 0.1) is 0 Å². The standard InChI is InChI=1S/C18H27NO2/c1-14(20)16-9-7-15(8-10-16)13-21-19-17(2,3)11-6-12-18(19,4)5/h7-10H,6,11-13H2,1-5H3. The van der Waals surface area contributed by atoms with Crippen molar-refractivity contribution in [1.29, 1.82) is 0 Å². The fourth-order valence-corrected chi connectivity index (χ4v) is 3.30. The quantitative estimate of drug-likeness (QED) is 0.771. The number of carbonyl (C=O) groups is 1. The van der Waals surface area contributed by atoms with Gasteiger partial charge in [-0.05, 0) is 59.4 Å². The second kappa shape index (κ2) is 5.90. The minimum Gasteiger partial charge on any atom is -0.295 e. The van der Waals surface area contributed by atoms with E-state index in [1.165, 1.54) is 6.42 Å². The molecule has 2 rings (SSSR count). The first kappa shape index (κ1) is 16.2. The molecule has 1 aliphatic rings. The lowest BCUT2D eigenvalue weighted by Gasteiger charge is -2.51. The molecular weight excluding hydrogens is 262 g/mol. The van der Waals surface area contributed by atoms with Gasteiger partial charge in [-0.1, -0.05) is 24.3 Å².